The Morgan fingerprint density at radius 1 is 1.47 bits per heavy atom. The van der Waals surface area contributed by atoms with Crippen LogP contribution in [0.1, 0.15) is 10.6 Å². The highest BCUT2D eigenvalue weighted by Gasteiger charge is 2.04. The number of H-pyrrole nitrogens is 1. The van der Waals surface area contributed by atoms with Crippen molar-refractivity contribution < 1.29 is 9.53 Å². The number of benzene rings is 1. The van der Waals surface area contributed by atoms with Crippen LogP contribution in [0, 0.1) is 0 Å². The largest absolute Gasteiger partial charge is 0.497 e. The van der Waals surface area contributed by atoms with Crippen LogP contribution in [-0.2, 0) is 0 Å². The Balaban J connectivity index is 2.79. The van der Waals surface area contributed by atoms with Crippen LogP contribution in [0.15, 0.2) is 23.0 Å². The van der Waals surface area contributed by atoms with Gasteiger partial charge in [-0.1, -0.05) is 0 Å². The van der Waals surface area contributed by atoms with Crippen LogP contribution in [0.3, 0.4) is 0 Å². The van der Waals surface area contributed by atoms with Crippen molar-refractivity contribution in [3.8, 4) is 5.75 Å². The van der Waals surface area contributed by atoms with Crippen LogP contribution in [0.25, 0.3) is 10.9 Å². The zero-order valence-electron chi connectivity index (χ0n) is 7.98. The fourth-order valence-electron chi connectivity index (χ4n) is 1.32. The second kappa shape index (κ2) is 3.53. The first-order valence-electron chi connectivity index (χ1n) is 4.28. The lowest BCUT2D eigenvalue weighted by Crippen LogP contribution is -2.11. The Bertz CT molecular complexity index is 574. The molecular weight excluding hydrogens is 196 g/mol. The number of rotatable bonds is 2. The van der Waals surface area contributed by atoms with Crippen molar-refractivity contribution in [2.75, 3.05) is 7.11 Å². The molecule has 0 aliphatic heterocycles. The van der Waals surface area contributed by atoms with Crippen LogP contribution in [0.2, 0.25) is 0 Å². The minimum atomic E-state index is -0.346. The van der Waals surface area contributed by atoms with Crippen molar-refractivity contribution in [3.05, 3.63) is 34.4 Å². The highest BCUT2D eigenvalue weighted by molar-refractivity contribution is 5.82. The van der Waals surface area contributed by atoms with Crippen LogP contribution in [0.5, 0.6) is 5.75 Å². The first kappa shape index (κ1) is 9.39. The molecule has 0 aliphatic rings. The number of hydrogen-bond donors (Lipinski definition) is 1. The first-order valence-corrected chi connectivity index (χ1v) is 4.28. The van der Waals surface area contributed by atoms with Gasteiger partial charge in [0.15, 0.2) is 12.1 Å². The van der Waals surface area contributed by atoms with E-state index in [1.807, 2.05) is 0 Å². The molecule has 5 heteroatoms. The van der Waals surface area contributed by atoms with Gasteiger partial charge in [-0.2, -0.15) is 0 Å². The second-order valence-electron chi connectivity index (χ2n) is 2.95. The molecule has 15 heavy (non-hydrogen) atoms. The summed E-state index contributed by atoms with van der Waals surface area (Å²) >= 11 is 0. The third kappa shape index (κ3) is 1.59. The Morgan fingerprint density at radius 3 is 2.93 bits per heavy atom. The number of hydrogen-bond acceptors (Lipinski definition) is 4. The van der Waals surface area contributed by atoms with E-state index in [1.54, 1.807) is 18.2 Å². The molecule has 0 aliphatic carbocycles. The lowest BCUT2D eigenvalue weighted by atomic mass is 10.2. The zero-order valence-corrected chi connectivity index (χ0v) is 7.98. The van der Waals surface area contributed by atoms with Crippen molar-refractivity contribution in [1.82, 2.24) is 9.97 Å². The number of aromatic amines is 1. The van der Waals surface area contributed by atoms with Crippen LogP contribution >= 0.6 is 0 Å². The van der Waals surface area contributed by atoms with Crippen molar-refractivity contribution in [2.45, 2.75) is 0 Å². The third-order valence-electron chi connectivity index (χ3n) is 2.04. The van der Waals surface area contributed by atoms with Crippen molar-refractivity contribution >= 4 is 17.2 Å². The minimum absolute atomic E-state index is 0.0256. The molecule has 0 fully saturated rings. The maximum atomic E-state index is 11.5. The van der Waals surface area contributed by atoms with Gasteiger partial charge in [-0.25, -0.2) is 4.98 Å². The van der Waals surface area contributed by atoms with E-state index in [-0.39, 0.29) is 11.4 Å². The van der Waals surface area contributed by atoms with Crippen molar-refractivity contribution in [2.24, 2.45) is 0 Å². The van der Waals surface area contributed by atoms with E-state index in [4.69, 9.17) is 4.74 Å². The Morgan fingerprint density at radius 2 is 2.27 bits per heavy atom. The molecule has 2 aromatic rings. The van der Waals surface area contributed by atoms with E-state index in [9.17, 15) is 9.59 Å². The van der Waals surface area contributed by atoms with Gasteiger partial charge in [-0.15, -0.1) is 0 Å². The smallest absolute Gasteiger partial charge is 0.259 e. The standard InChI is InChI=1S/C10H8N2O3/c1-15-6-2-3-8-7(4-6)10(14)12-9(5-13)11-8/h2-5H,1H3,(H,11,12,14). The third-order valence-corrected chi connectivity index (χ3v) is 2.04. The lowest BCUT2D eigenvalue weighted by Gasteiger charge is -2.01. The number of carbonyl (C=O) groups is 1. The van der Waals surface area contributed by atoms with Crippen LogP contribution in [0.4, 0.5) is 0 Å². The van der Waals surface area contributed by atoms with Gasteiger partial charge in [0.2, 0.25) is 0 Å². The normalized spacial score (nSPS) is 10.2. The fourth-order valence-corrected chi connectivity index (χ4v) is 1.32. The maximum absolute atomic E-state index is 11.5. The molecule has 0 spiro atoms. The van der Waals surface area contributed by atoms with E-state index < -0.39 is 0 Å². The Labute approximate surface area is 84.7 Å². The monoisotopic (exact) mass is 204 g/mol. The average molecular weight is 204 g/mol. The summed E-state index contributed by atoms with van der Waals surface area (Å²) in [7, 11) is 1.52. The summed E-state index contributed by atoms with van der Waals surface area (Å²) in [6.45, 7) is 0. The number of methoxy groups -OCH3 is 1. The summed E-state index contributed by atoms with van der Waals surface area (Å²) in [5, 5.41) is 0.403. The average Bonchev–Trinajstić information content (AvgIpc) is 2.28. The number of ether oxygens (including phenoxy) is 1. The molecule has 0 radical (unpaired) electrons. The molecule has 2 rings (SSSR count). The summed E-state index contributed by atoms with van der Waals surface area (Å²) in [4.78, 5) is 28.3. The van der Waals surface area contributed by atoms with Gasteiger partial charge in [0.25, 0.3) is 5.56 Å². The summed E-state index contributed by atoms with van der Waals surface area (Å²) in [5.41, 5.74) is 0.127. The molecule has 0 atom stereocenters. The molecule has 0 amide bonds. The minimum Gasteiger partial charge on any atom is -0.497 e. The van der Waals surface area contributed by atoms with Crippen molar-refractivity contribution in [3.63, 3.8) is 0 Å². The fraction of sp³-hybridized carbons (Fsp3) is 0.100. The Kier molecular flexibility index (Phi) is 2.21. The van der Waals surface area contributed by atoms with Crippen LogP contribution in [-0.4, -0.2) is 23.4 Å². The molecule has 1 aromatic carbocycles. The predicted octanol–water partition coefficient (Wildman–Crippen LogP) is 0.744. The number of aldehydes is 1. The van der Waals surface area contributed by atoms with Crippen molar-refractivity contribution in [1.29, 1.82) is 0 Å². The molecule has 1 aromatic heterocycles. The highest BCUT2D eigenvalue weighted by atomic mass is 16.5. The van der Waals surface area contributed by atoms with Gasteiger partial charge in [0, 0.05) is 0 Å². The van der Waals surface area contributed by atoms with E-state index in [2.05, 4.69) is 9.97 Å². The van der Waals surface area contributed by atoms with Gasteiger partial charge in [0.1, 0.15) is 5.75 Å². The van der Waals surface area contributed by atoms with Gasteiger partial charge < -0.3 is 9.72 Å². The summed E-state index contributed by atoms with van der Waals surface area (Å²) in [6.07, 6.45) is 0.505. The second-order valence-corrected chi connectivity index (χ2v) is 2.95. The number of nitrogens with one attached hydrogen (secondary N) is 1. The molecule has 5 nitrogen and oxygen atoms in total. The SMILES string of the molecule is COc1ccc2nc(C=O)[nH]c(=O)c2c1. The van der Waals surface area contributed by atoms with Gasteiger partial charge >= 0.3 is 0 Å². The maximum Gasteiger partial charge on any atom is 0.259 e. The quantitative estimate of drug-likeness (QED) is 0.732. The highest BCUT2D eigenvalue weighted by Crippen LogP contribution is 2.15. The number of fused-ring (bicyclic) bond motifs is 1. The lowest BCUT2D eigenvalue weighted by molar-refractivity contribution is 0.111. The van der Waals surface area contributed by atoms with Crippen LogP contribution < -0.4 is 10.3 Å². The number of aromatic nitrogens is 2. The molecule has 1 N–H and O–H groups in total. The first-order chi connectivity index (χ1) is 7.24. The molecular formula is C10H8N2O3. The number of nitrogens with zero attached hydrogens (tertiary/aromatic N) is 1. The summed E-state index contributed by atoms with van der Waals surface area (Å²) in [5.74, 6) is 0.603. The zero-order chi connectivity index (χ0) is 10.8. The van der Waals surface area contributed by atoms with E-state index >= 15 is 0 Å². The van der Waals surface area contributed by atoms with E-state index in [0.717, 1.165) is 0 Å². The van der Waals surface area contributed by atoms with E-state index in [0.29, 0.717) is 22.9 Å². The Hall–Kier alpha value is -2.17. The molecule has 0 saturated heterocycles. The van der Waals surface area contributed by atoms with Gasteiger partial charge in [0.05, 0.1) is 18.0 Å². The molecule has 0 bridgehead atoms. The molecule has 76 valence electrons. The summed E-state index contributed by atoms with van der Waals surface area (Å²) < 4.78 is 4.98. The van der Waals surface area contributed by atoms with Gasteiger partial charge in [-0.3, -0.25) is 9.59 Å². The van der Waals surface area contributed by atoms with Gasteiger partial charge in [-0.05, 0) is 18.2 Å². The molecule has 0 unspecified atom stereocenters. The molecule has 0 saturated carbocycles. The topological polar surface area (TPSA) is 72.0 Å². The predicted molar refractivity (Wildman–Crippen MR) is 54.3 cm³/mol. The number of carbonyl (C=O) groups excluding carboxylic acids is 1. The van der Waals surface area contributed by atoms with E-state index in [1.165, 1.54) is 7.11 Å². The summed E-state index contributed by atoms with van der Waals surface area (Å²) in [6, 6.07) is 4.90. The molecule has 1 heterocycles.